The Bertz CT molecular complexity index is 1710. The molecule has 0 aromatic heterocycles. The average molecular weight is 671 g/mol. The van der Waals surface area contributed by atoms with Crippen molar-refractivity contribution >= 4 is 50.7 Å². The lowest BCUT2D eigenvalue weighted by molar-refractivity contribution is -0.140. The Hall–Kier alpha value is -3.92. The first kappa shape index (κ1) is 34.0. The third-order valence-electron chi connectivity index (χ3n) is 7.33. The summed E-state index contributed by atoms with van der Waals surface area (Å²) < 4.78 is 42.8. The van der Waals surface area contributed by atoms with Crippen LogP contribution in [0.2, 0.25) is 10.0 Å². The molecule has 11 heteroatoms. The number of carbonyl (C=O) groups is 2. The van der Waals surface area contributed by atoms with E-state index in [-0.39, 0.29) is 39.6 Å². The van der Waals surface area contributed by atoms with Crippen molar-refractivity contribution in [2.45, 2.75) is 50.2 Å². The van der Waals surface area contributed by atoms with Crippen LogP contribution in [-0.2, 0) is 32.6 Å². The molecule has 4 aromatic rings. The molecular formula is C34H34Cl2FN3O4S. The highest BCUT2D eigenvalue weighted by molar-refractivity contribution is 7.92. The van der Waals surface area contributed by atoms with Crippen molar-refractivity contribution in [1.82, 2.24) is 10.2 Å². The molecule has 0 aliphatic rings. The summed E-state index contributed by atoms with van der Waals surface area (Å²) in [5, 5.41) is 3.29. The number of hydrogen-bond donors (Lipinski definition) is 1. The van der Waals surface area contributed by atoms with Crippen LogP contribution in [0.15, 0.2) is 108 Å². The number of halogens is 3. The minimum absolute atomic E-state index is 0.0234. The van der Waals surface area contributed by atoms with E-state index in [4.69, 9.17) is 23.2 Å². The second kappa shape index (κ2) is 15.4. The molecule has 4 aromatic carbocycles. The van der Waals surface area contributed by atoms with Crippen molar-refractivity contribution in [1.29, 1.82) is 0 Å². The molecule has 1 N–H and O–H groups in total. The van der Waals surface area contributed by atoms with Gasteiger partial charge in [-0.25, -0.2) is 12.8 Å². The van der Waals surface area contributed by atoms with Crippen LogP contribution in [0.25, 0.3) is 0 Å². The van der Waals surface area contributed by atoms with Gasteiger partial charge < -0.3 is 10.2 Å². The van der Waals surface area contributed by atoms with Crippen LogP contribution in [0.1, 0.15) is 31.4 Å². The van der Waals surface area contributed by atoms with E-state index in [0.29, 0.717) is 12.0 Å². The molecule has 0 unspecified atom stereocenters. The summed E-state index contributed by atoms with van der Waals surface area (Å²) in [6.45, 7) is 3.03. The Morgan fingerprint density at radius 2 is 1.49 bits per heavy atom. The Morgan fingerprint density at radius 3 is 2.09 bits per heavy atom. The third-order valence-corrected chi connectivity index (χ3v) is 9.64. The van der Waals surface area contributed by atoms with Crippen LogP contribution < -0.4 is 9.62 Å². The molecule has 0 fully saturated rings. The predicted octanol–water partition coefficient (Wildman–Crippen LogP) is 6.88. The first-order chi connectivity index (χ1) is 21.5. The first-order valence-corrected chi connectivity index (χ1v) is 16.6. The van der Waals surface area contributed by atoms with Crippen LogP contribution in [0.5, 0.6) is 0 Å². The Kier molecular flexibility index (Phi) is 11.6. The largest absolute Gasteiger partial charge is 0.352 e. The number of hydrogen-bond acceptors (Lipinski definition) is 4. The van der Waals surface area contributed by atoms with Gasteiger partial charge >= 0.3 is 0 Å². The van der Waals surface area contributed by atoms with Gasteiger partial charge in [-0.05, 0) is 66.9 Å². The molecule has 45 heavy (non-hydrogen) atoms. The molecule has 0 saturated heterocycles. The number of benzene rings is 4. The lowest BCUT2D eigenvalue weighted by atomic mass is 10.0. The zero-order valence-electron chi connectivity index (χ0n) is 24.9. The quantitative estimate of drug-likeness (QED) is 0.168. The zero-order valence-corrected chi connectivity index (χ0v) is 27.2. The van der Waals surface area contributed by atoms with Crippen molar-refractivity contribution in [2.75, 3.05) is 10.8 Å². The standard InChI is InChI=1S/C34H34Cl2FN3O4S/c1-3-24(2)38-34(42)32(20-25-10-6-4-7-11-25)39(22-26-14-17-28(37)18-15-26)33(41)23-40(31-19-16-27(35)21-30(31)36)45(43,44)29-12-8-5-9-13-29/h4-19,21,24,32H,3,20,22-23H2,1-2H3,(H,38,42)/t24-,32+/m1/s1. The summed E-state index contributed by atoms with van der Waals surface area (Å²) in [4.78, 5) is 29.6. The zero-order chi connectivity index (χ0) is 32.6. The van der Waals surface area contributed by atoms with Crippen molar-refractivity contribution in [3.63, 3.8) is 0 Å². The molecule has 0 aliphatic carbocycles. The number of nitrogens with one attached hydrogen (secondary N) is 1. The van der Waals surface area contributed by atoms with Crippen LogP contribution in [0.4, 0.5) is 10.1 Å². The van der Waals surface area contributed by atoms with E-state index in [9.17, 15) is 22.4 Å². The van der Waals surface area contributed by atoms with E-state index < -0.39 is 40.2 Å². The summed E-state index contributed by atoms with van der Waals surface area (Å²) in [6.07, 6.45) is 0.817. The van der Waals surface area contributed by atoms with Gasteiger partial charge in [0, 0.05) is 24.0 Å². The minimum atomic E-state index is -4.32. The predicted molar refractivity (Wildman–Crippen MR) is 176 cm³/mol. The number of nitrogens with zero attached hydrogens (tertiary/aromatic N) is 2. The molecule has 0 bridgehead atoms. The van der Waals surface area contributed by atoms with Gasteiger partial charge in [-0.3, -0.25) is 13.9 Å². The Morgan fingerprint density at radius 1 is 0.867 bits per heavy atom. The molecule has 2 atom stereocenters. The van der Waals surface area contributed by atoms with Crippen LogP contribution >= 0.6 is 23.2 Å². The SMILES string of the molecule is CC[C@@H](C)NC(=O)[C@H](Cc1ccccc1)N(Cc1ccc(F)cc1)C(=O)CN(c1ccc(Cl)cc1Cl)S(=O)(=O)c1ccccc1. The molecule has 2 amide bonds. The highest BCUT2D eigenvalue weighted by Crippen LogP contribution is 2.33. The van der Waals surface area contributed by atoms with Gasteiger partial charge in [-0.1, -0.05) is 90.8 Å². The monoisotopic (exact) mass is 669 g/mol. The number of amides is 2. The number of rotatable bonds is 13. The van der Waals surface area contributed by atoms with E-state index in [2.05, 4.69) is 5.32 Å². The molecule has 236 valence electrons. The van der Waals surface area contributed by atoms with Crippen LogP contribution in [-0.4, -0.2) is 43.8 Å². The summed E-state index contributed by atoms with van der Waals surface area (Å²) in [5.41, 5.74) is 1.40. The fourth-order valence-electron chi connectivity index (χ4n) is 4.70. The van der Waals surface area contributed by atoms with E-state index in [1.807, 2.05) is 44.2 Å². The van der Waals surface area contributed by atoms with Crippen molar-refractivity contribution in [3.05, 3.63) is 130 Å². The van der Waals surface area contributed by atoms with E-state index >= 15 is 0 Å². The highest BCUT2D eigenvalue weighted by Gasteiger charge is 2.35. The summed E-state index contributed by atoms with van der Waals surface area (Å²) in [7, 11) is -4.32. The van der Waals surface area contributed by atoms with Gasteiger partial charge in [-0.2, -0.15) is 0 Å². The molecule has 7 nitrogen and oxygen atoms in total. The van der Waals surface area contributed by atoms with Gasteiger partial charge in [0.15, 0.2) is 0 Å². The van der Waals surface area contributed by atoms with Gasteiger partial charge in [-0.15, -0.1) is 0 Å². The lowest BCUT2D eigenvalue weighted by Gasteiger charge is -2.34. The van der Waals surface area contributed by atoms with Crippen LogP contribution in [0.3, 0.4) is 0 Å². The van der Waals surface area contributed by atoms with Gasteiger partial charge in [0.2, 0.25) is 11.8 Å². The molecular weight excluding hydrogens is 636 g/mol. The topological polar surface area (TPSA) is 86.8 Å². The van der Waals surface area contributed by atoms with Gasteiger partial charge in [0.1, 0.15) is 18.4 Å². The molecule has 0 aliphatic heterocycles. The average Bonchev–Trinajstić information content (AvgIpc) is 3.03. The first-order valence-electron chi connectivity index (χ1n) is 14.4. The number of anilines is 1. The number of carbonyl (C=O) groups excluding carboxylic acids is 2. The minimum Gasteiger partial charge on any atom is -0.352 e. The van der Waals surface area contributed by atoms with Gasteiger partial charge in [0.05, 0.1) is 15.6 Å². The van der Waals surface area contributed by atoms with Gasteiger partial charge in [0.25, 0.3) is 10.0 Å². The molecule has 0 saturated carbocycles. The van der Waals surface area contributed by atoms with Crippen molar-refractivity contribution in [3.8, 4) is 0 Å². The summed E-state index contributed by atoms with van der Waals surface area (Å²) in [6, 6.07) is 25.6. The molecule has 4 rings (SSSR count). The maximum atomic E-state index is 14.4. The summed E-state index contributed by atoms with van der Waals surface area (Å²) in [5.74, 6) is -1.51. The second-order valence-corrected chi connectivity index (χ2v) is 13.3. The second-order valence-electron chi connectivity index (χ2n) is 10.6. The number of sulfonamides is 1. The Labute approximate surface area is 273 Å². The maximum Gasteiger partial charge on any atom is 0.264 e. The fraction of sp³-hybridized carbons (Fsp3) is 0.235. The smallest absolute Gasteiger partial charge is 0.264 e. The van der Waals surface area contributed by atoms with E-state index in [1.54, 1.807) is 18.2 Å². The third kappa shape index (κ3) is 8.84. The lowest BCUT2D eigenvalue weighted by Crippen LogP contribution is -2.54. The van der Waals surface area contributed by atoms with Crippen molar-refractivity contribution < 1.29 is 22.4 Å². The van der Waals surface area contributed by atoms with Crippen LogP contribution in [0, 0.1) is 5.82 Å². The fourth-order valence-corrected chi connectivity index (χ4v) is 6.71. The molecule has 0 radical (unpaired) electrons. The highest BCUT2D eigenvalue weighted by atomic mass is 35.5. The Balaban J connectivity index is 1.82. The maximum absolute atomic E-state index is 14.4. The normalized spacial score (nSPS) is 12.6. The van der Waals surface area contributed by atoms with Crippen molar-refractivity contribution in [2.24, 2.45) is 0 Å². The molecule has 0 heterocycles. The molecule has 0 spiro atoms. The summed E-state index contributed by atoms with van der Waals surface area (Å²) >= 11 is 12.6. The van der Waals surface area contributed by atoms with E-state index in [0.717, 1.165) is 9.87 Å². The van der Waals surface area contributed by atoms with E-state index in [1.165, 1.54) is 59.5 Å².